The number of nitrogens with one attached hydrogen (secondary N) is 1. The molecule has 0 radical (unpaired) electrons. The van der Waals surface area contributed by atoms with E-state index in [2.05, 4.69) is 54.4 Å². The summed E-state index contributed by atoms with van der Waals surface area (Å²) in [7, 11) is 0. The van der Waals surface area contributed by atoms with E-state index in [0.717, 1.165) is 49.4 Å². The molecular weight excluding hydrogens is 642 g/mol. The zero-order chi connectivity index (χ0) is 35.7. The minimum Gasteiger partial charge on any atom is -0.459 e. The molecule has 3 N–H and O–H groups in total. The summed E-state index contributed by atoms with van der Waals surface area (Å²) in [6.45, 7) is 8.20. The maximum atomic E-state index is 11.2. The number of carbonyl (C=O) groups is 1. The number of carbonyl (C=O) groups excluding carboxylic acids is 1. The van der Waals surface area contributed by atoms with Gasteiger partial charge in [0.1, 0.15) is 29.8 Å². The summed E-state index contributed by atoms with van der Waals surface area (Å²) >= 11 is 0. The van der Waals surface area contributed by atoms with Crippen molar-refractivity contribution in [1.29, 1.82) is 5.26 Å². The highest BCUT2D eigenvalue weighted by Gasteiger charge is 2.21. The molecule has 1 aromatic carbocycles. The van der Waals surface area contributed by atoms with Crippen molar-refractivity contribution in [3.63, 3.8) is 0 Å². The summed E-state index contributed by atoms with van der Waals surface area (Å²) in [5.74, 6) is 1.53. The number of benzene rings is 1. The molecule has 6 heterocycles. The van der Waals surface area contributed by atoms with Crippen molar-refractivity contribution < 1.29 is 9.53 Å². The van der Waals surface area contributed by atoms with E-state index in [1.54, 1.807) is 24.7 Å². The number of esters is 1. The molecule has 1 aliphatic heterocycles. The second-order valence-electron chi connectivity index (χ2n) is 11.8. The standard InChI is InChI=1S/C36H33N11O2.C2H6/c1-23(48)49-22-27-7-6-25(20-41-27)30-10-11-31-36(43-30)47(35(44-31)29-3-2-15-40-34(29)38)28-8-4-24(5-9-28)21-46-17-13-26(14-18-46)42-32-12-16-39-33(19-37)45-32;1-2/h2-12,15-16,20,26H,13-14,17-18,21-22H2,1H3,(H2,38,40)(H,39,42,45);1-2H3. The number of ether oxygens (including phenoxy) is 1. The highest BCUT2D eigenvalue weighted by molar-refractivity contribution is 5.84. The molecule has 1 fully saturated rings. The predicted molar refractivity (Wildman–Crippen MR) is 195 cm³/mol. The lowest BCUT2D eigenvalue weighted by molar-refractivity contribution is -0.142. The third kappa shape index (κ3) is 8.14. The Morgan fingerprint density at radius 3 is 2.47 bits per heavy atom. The van der Waals surface area contributed by atoms with E-state index >= 15 is 0 Å². The zero-order valence-electron chi connectivity index (χ0n) is 28.8. The minimum atomic E-state index is -0.352. The van der Waals surface area contributed by atoms with Gasteiger partial charge in [-0.15, -0.1) is 0 Å². The maximum absolute atomic E-state index is 11.2. The number of pyridine rings is 3. The van der Waals surface area contributed by atoms with E-state index in [0.29, 0.717) is 45.9 Å². The van der Waals surface area contributed by atoms with E-state index in [4.69, 9.17) is 25.7 Å². The van der Waals surface area contributed by atoms with Crippen LogP contribution in [-0.2, 0) is 22.7 Å². The molecular formula is C38H39N11O2. The number of rotatable bonds is 9. The van der Waals surface area contributed by atoms with Gasteiger partial charge in [-0.25, -0.2) is 24.9 Å². The molecule has 6 aromatic rings. The van der Waals surface area contributed by atoms with Crippen LogP contribution in [0.5, 0.6) is 0 Å². The lowest BCUT2D eigenvalue weighted by Crippen LogP contribution is -2.38. The third-order valence-electron chi connectivity index (χ3n) is 8.42. The third-order valence-corrected chi connectivity index (χ3v) is 8.42. The topological polar surface area (TPSA) is 174 Å². The number of fused-ring (bicyclic) bond motifs is 1. The Labute approximate surface area is 296 Å². The molecule has 1 aliphatic rings. The highest BCUT2D eigenvalue weighted by Crippen LogP contribution is 2.32. The lowest BCUT2D eigenvalue weighted by Gasteiger charge is -2.32. The van der Waals surface area contributed by atoms with E-state index in [1.807, 2.05) is 60.9 Å². The molecule has 0 spiro atoms. The molecule has 5 aromatic heterocycles. The Bertz CT molecular complexity index is 2150. The molecule has 0 bridgehead atoms. The molecule has 1 saturated heterocycles. The first-order chi connectivity index (χ1) is 24.9. The fourth-order valence-electron chi connectivity index (χ4n) is 5.93. The van der Waals surface area contributed by atoms with Crippen LogP contribution in [0.1, 0.15) is 50.7 Å². The number of likely N-dealkylation sites (tertiary alicyclic amines) is 1. The monoisotopic (exact) mass is 681 g/mol. The minimum absolute atomic E-state index is 0.116. The molecule has 0 atom stereocenters. The fourth-order valence-corrected chi connectivity index (χ4v) is 5.93. The summed E-state index contributed by atoms with van der Waals surface area (Å²) in [6, 6.07) is 23.9. The van der Waals surface area contributed by atoms with Gasteiger partial charge < -0.3 is 15.8 Å². The van der Waals surface area contributed by atoms with Crippen LogP contribution in [0.2, 0.25) is 0 Å². The first kappa shape index (κ1) is 34.6. The van der Waals surface area contributed by atoms with Gasteiger partial charge in [-0.3, -0.25) is 19.2 Å². The van der Waals surface area contributed by atoms with E-state index in [-0.39, 0.29) is 18.4 Å². The summed E-state index contributed by atoms with van der Waals surface area (Å²) in [4.78, 5) is 40.6. The van der Waals surface area contributed by atoms with Gasteiger partial charge in [0.05, 0.1) is 17.0 Å². The molecule has 51 heavy (non-hydrogen) atoms. The van der Waals surface area contributed by atoms with Crippen LogP contribution in [0, 0.1) is 11.3 Å². The Morgan fingerprint density at radius 2 is 1.76 bits per heavy atom. The molecule has 13 heteroatoms. The molecule has 7 rings (SSSR count). The van der Waals surface area contributed by atoms with Gasteiger partial charge in [0.15, 0.2) is 11.5 Å². The smallest absolute Gasteiger partial charge is 0.303 e. The first-order valence-electron chi connectivity index (χ1n) is 16.9. The molecule has 258 valence electrons. The van der Waals surface area contributed by atoms with Crippen LogP contribution in [0.3, 0.4) is 0 Å². The number of imidazole rings is 1. The Kier molecular flexibility index (Phi) is 10.8. The van der Waals surface area contributed by atoms with E-state index in [1.165, 1.54) is 12.5 Å². The van der Waals surface area contributed by atoms with Crippen molar-refractivity contribution in [1.82, 2.24) is 39.4 Å². The van der Waals surface area contributed by atoms with Gasteiger partial charge in [-0.05, 0) is 73.0 Å². The molecule has 0 saturated carbocycles. The number of aromatic nitrogens is 7. The largest absolute Gasteiger partial charge is 0.459 e. The van der Waals surface area contributed by atoms with Crippen LogP contribution in [0.4, 0.5) is 11.6 Å². The zero-order valence-corrected chi connectivity index (χ0v) is 28.8. The van der Waals surface area contributed by atoms with Gasteiger partial charge in [0.25, 0.3) is 0 Å². The van der Waals surface area contributed by atoms with Gasteiger partial charge >= 0.3 is 5.97 Å². The molecule has 13 nitrogen and oxygen atoms in total. The van der Waals surface area contributed by atoms with Crippen LogP contribution in [0.15, 0.2) is 85.3 Å². The summed E-state index contributed by atoms with van der Waals surface area (Å²) < 4.78 is 7.09. The normalized spacial score (nSPS) is 13.2. The number of hydrogen-bond acceptors (Lipinski definition) is 12. The number of nitrogens with zero attached hydrogens (tertiary/aromatic N) is 9. The van der Waals surface area contributed by atoms with Crippen LogP contribution in [-0.4, -0.2) is 64.5 Å². The molecule has 0 unspecified atom stereocenters. The van der Waals surface area contributed by atoms with Crippen molar-refractivity contribution in [2.75, 3.05) is 24.1 Å². The number of nitriles is 1. The fraction of sp³-hybridized carbons (Fsp3) is 0.263. The number of nitrogens with two attached hydrogens (primary N) is 1. The SMILES string of the molecule is CC.CC(=O)OCc1ccc(-c2ccc3nc(-c4cccnc4N)n(-c4ccc(CN5CCC(Nc6ccnc(C#N)n6)CC5)cc4)c3n2)cn1. The van der Waals surface area contributed by atoms with Crippen LogP contribution in [0.25, 0.3) is 39.5 Å². The van der Waals surface area contributed by atoms with Gasteiger partial charge in [0, 0.05) is 62.4 Å². The Morgan fingerprint density at radius 1 is 0.961 bits per heavy atom. The number of anilines is 2. The average Bonchev–Trinajstić information content (AvgIpc) is 3.55. The molecule has 0 aliphatic carbocycles. The maximum Gasteiger partial charge on any atom is 0.303 e. The first-order valence-corrected chi connectivity index (χ1v) is 16.9. The second kappa shape index (κ2) is 16.0. The van der Waals surface area contributed by atoms with Crippen LogP contribution < -0.4 is 11.1 Å². The van der Waals surface area contributed by atoms with E-state index < -0.39 is 0 Å². The van der Waals surface area contributed by atoms with Crippen molar-refractivity contribution in [2.24, 2.45) is 0 Å². The van der Waals surface area contributed by atoms with Crippen molar-refractivity contribution in [3.05, 3.63) is 102 Å². The summed E-state index contributed by atoms with van der Waals surface area (Å²) in [5, 5.41) is 12.5. The van der Waals surface area contributed by atoms with Crippen LogP contribution >= 0.6 is 0 Å². The van der Waals surface area contributed by atoms with Crippen molar-refractivity contribution >= 4 is 28.8 Å². The summed E-state index contributed by atoms with van der Waals surface area (Å²) in [6.07, 6.45) is 6.93. The second-order valence-corrected chi connectivity index (χ2v) is 11.8. The highest BCUT2D eigenvalue weighted by atomic mass is 16.5. The van der Waals surface area contributed by atoms with Gasteiger partial charge in [-0.2, -0.15) is 5.26 Å². The lowest BCUT2D eigenvalue weighted by atomic mass is 10.0. The van der Waals surface area contributed by atoms with Gasteiger partial charge in [0.2, 0.25) is 5.82 Å². The number of piperidine rings is 1. The van der Waals surface area contributed by atoms with Crippen molar-refractivity contribution in [2.45, 2.75) is 52.8 Å². The number of hydrogen-bond donors (Lipinski definition) is 2. The van der Waals surface area contributed by atoms with Gasteiger partial charge in [-0.1, -0.05) is 26.0 Å². The van der Waals surface area contributed by atoms with Crippen molar-refractivity contribution in [3.8, 4) is 34.4 Å². The average molecular weight is 682 g/mol. The quantitative estimate of drug-likeness (QED) is 0.172. The predicted octanol–water partition coefficient (Wildman–Crippen LogP) is 5.95. The Balaban J connectivity index is 0.00000220. The molecule has 0 amide bonds. The Hall–Kier alpha value is -6.26. The van der Waals surface area contributed by atoms with E-state index in [9.17, 15) is 4.79 Å². The summed E-state index contributed by atoms with van der Waals surface area (Å²) in [5.41, 5.74) is 12.7. The number of nitrogen functional groups attached to an aromatic ring is 1.